The predicted octanol–water partition coefficient (Wildman–Crippen LogP) is 5.50. The molecule has 3 amide bonds. The van der Waals surface area contributed by atoms with E-state index in [2.05, 4.69) is 0 Å². The molecule has 0 radical (unpaired) electrons. The highest BCUT2D eigenvalue weighted by Crippen LogP contribution is 2.35. The SMILES string of the molecule is CC(=O)N1CCCCC1C(=O)N1CC[C@@H](N(C)C(=O)c2ccc(Cl)cc2)[C@H](c2ccc(Cl)c(Cl)c2)C1. The number of amides is 3. The van der Waals surface area contributed by atoms with E-state index >= 15 is 0 Å². The third-order valence-corrected chi connectivity index (χ3v) is 8.35. The fraction of sp³-hybridized carbons (Fsp3) is 0.444. The maximum atomic E-state index is 13.6. The molecule has 2 aromatic rings. The second-order valence-electron chi connectivity index (χ2n) is 9.57. The van der Waals surface area contributed by atoms with E-state index in [0.717, 1.165) is 18.4 Å². The van der Waals surface area contributed by atoms with Gasteiger partial charge >= 0.3 is 0 Å². The van der Waals surface area contributed by atoms with E-state index in [9.17, 15) is 14.4 Å². The van der Waals surface area contributed by atoms with Gasteiger partial charge in [-0.3, -0.25) is 14.4 Å². The zero-order chi connectivity index (χ0) is 26.0. The van der Waals surface area contributed by atoms with E-state index in [0.29, 0.717) is 53.1 Å². The zero-order valence-corrected chi connectivity index (χ0v) is 22.7. The van der Waals surface area contributed by atoms with Crippen LogP contribution in [0, 0.1) is 0 Å². The lowest BCUT2D eigenvalue weighted by atomic mass is 9.84. The number of halogens is 3. The van der Waals surface area contributed by atoms with Crippen molar-refractivity contribution in [3.8, 4) is 0 Å². The van der Waals surface area contributed by atoms with E-state index in [1.165, 1.54) is 6.92 Å². The Morgan fingerprint density at radius 3 is 2.31 bits per heavy atom. The van der Waals surface area contributed by atoms with Gasteiger partial charge in [0.1, 0.15) is 6.04 Å². The second kappa shape index (κ2) is 11.4. The fourth-order valence-electron chi connectivity index (χ4n) is 5.40. The molecule has 3 atom stereocenters. The van der Waals surface area contributed by atoms with Gasteiger partial charge in [-0.25, -0.2) is 0 Å². The predicted molar refractivity (Wildman–Crippen MR) is 143 cm³/mol. The van der Waals surface area contributed by atoms with Crippen LogP contribution in [0.1, 0.15) is 54.4 Å². The largest absolute Gasteiger partial charge is 0.340 e. The third-order valence-electron chi connectivity index (χ3n) is 7.36. The number of piperidine rings is 2. The van der Waals surface area contributed by atoms with Gasteiger partial charge in [0.15, 0.2) is 0 Å². The summed E-state index contributed by atoms with van der Waals surface area (Å²) in [5.74, 6) is -0.387. The normalized spacial score (nSPS) is 22.3. The molecule has 0 bridgehead atoms. The fourth-order valence-corrected chi connectivity index (χ4v) is 5.83. The molecule has 0 N–H and O–H groups in total. The Morgan fingerprint density at radius 1 is 0.917 bits per heavy atom. The first-order valence-electron chi connectivity index (χ1n) is 12.2. The standard InChI is InChI=1S/C27H30Cl3N3O3/c1-17(34)33-13-4-3-5-25(33)27(36)32-14-12-24(21(16-32)19-8-11-22(29)23(30)15-19)31(2)26(35)18-6-9-20(28)10-7-18/h6-11,15,21,24-25H,3-5,12-14,16H2,1-2H3/t21-,24+,25?/m0/s1. The number of rotatable bonds is 4. The van der Waals surface area contributed by atoms with Crippen molar-refractivity contribution in [2.24, 2.45) is 0 Å². The molecular formula is C27H30Cl3N3O3. The van der Waals surface area contributed by atoms with Crippen LogP contribution in [0.4, 0.5) is 0 Å². The minimum atomic E-state index is -0.435. The number of carbonyl (C=O) groups is 3. The maximum Gasteiger partial charge on any atom is 0.253 e. The molecule has 192 valence electrons. The number of hydrogen-bond acceptors (Lipinski definition) is 3. The van der Waals surface area contributed by atoms with Crippen LogP contribution in [0.5, 0.6) is 0 Å². The molecule has 1 unspecified atom stereocenters. The molecule has 0 aromatic heterocycles. The summed E-state index contributed by atoms with van der Waals surface area (Å²) >= 11 is 18.5. The first kappa shape index (κ1) is 26.8. The molecule has 2 saturated heterocycles. The molecule has 6 nitrogen and oxygen atoms in total. The highest BCUT2D eigenvalue weighted by molar-refractivity contribution is 6.42. The number of benzene rings is 2. The molecule has 2 aromatic carbocycles. The topological polar surface area (TPSA) is 60.9 Å². The molecule has 36 heavy (non-hydrogen) atoms. The van der Waals surface area contributed by atoms with Crippen LogP contribution < -0.4 is 0 Å². The van der Waals surface area contributed by atoms with Crippen LogP contribution in [0.2, 0.25) is 15.1 Å². The highest BCUT2D eigenvalue weighted by atomic mass is 35.5. The van der Waals surface area contributed by atoms with E-state index in [1.54, 1.807) is 47.2 Å². The summed E-state index contributed by atoms with van der Waals surface area (Å²) in [5.41, 5.74) is 1.46. The summed E-state index contributed by atoms with van der Waals surface area (Å²) < 4.78 is 0. The van der Waals surface area contributed by atoms with Gasteiger partial charge in [-0.15, -0.1) is 0 Å². The van der Waals surface area contributed by atoms with Crippen molar-refractivity contribution in [1.82, 2.24) is 14.7 Å². The van der Waals surface area contributed by atoms with Crippen LogP contribution in [0.15, 0.2) is 42.5 Å². The van der Waals surface area contributed by atoms with Crippen LogP contribution in [0.3, 0.4) is 0 Å². The highest BCUT2D eigenvalue weighted by Gasteiger charge is 2.40. The summed E-state index contributed by atoms with van der Waals surface area (Å²) in [6.07, 6.45) is 3.10. The third kappa shape index (κ3) is 5.66. The molecule has 0 aliphatic carbocycles. The van der Waals surface area contributed by atoms with Crippen LogP contribution in [-0.4, -0.2) is 71.2 Å². The van der Waals surface area contributed by atoms with Crippen molar-refractivity contribution < 1.29 is 14.4 Å². The Bertz CT molecular complexity index is 1140. The van der Waals surface area contributed by atoms with E-state index in [1.807, 2.05) is 17.0 Å². The Kier molecular flexibility index (Phi) is 8.48. The smallest absolute Gasteiger partial charge is 0.253 e. The summed E-state index contributed by atoms with van der Waals surface area (Å²) in [6, 6.07) is 11.7. The first-order valence-corrected chi connectivity index (χ1v) is 13.3. The van der Waals surface area contributed by atoms with Crippen molar-refractivity contribution >= 4 is 52.5 Å². The average molecular weight is 551 g/mol. The minimum absolute atomic E-state index is 0.0277. The molecule has 0 spiro atoms. The lowest BCUT2D eigenvalue weighted by Crippen LogP contribution is -2.57. The molecule has 2 aliphatic heterocycles. The number of carbonyl (C=O) groups excluding carboxylic acids is 3. The molecule has 0 saturated carbocycles. The maximum absolute atomic E-state index is 13.6. The van der Waals surface area contributed by atoms with Gasteiger partial charge in [0.2, 0.25) is 11.8 Å². The Morgan fingerprint density at radius 2 is 1.64 bits per heavy atom. The zero-order valence-electron chi connectivity index (χ0n) is 20.4. The number of likely N-dealkylation sites (tertiary alicyclic amines) is 2. The summed E-state index contributed by atoms with van der Waals surface area (Å²) in [7, 11) is 1.79. The molecule has 4 rings (SSSR count). The van der Waals surface area contributed by atoms with Gasteiger partial charge in [-0.05, 0) is 67.6 Å². The number of likely N-dealkylation sites (N-methyl/N-ethyl adjacent to an activating group) is 1. The minimum Gasteiger partial charge on any atom is -0.340 e. The van der Waals surface area contributed by atoms with Gasteiger partial charge in [0, 0.05) is 56.2 Å². The quantitative estimate of drug-likeness (QED) is 0.505. The average Bonchev–Trinajstić information content (AvgIpc) is 2.89. The lowest BCUT2D eigenvalue weighted by molar-refractivity contribution is -0.147. The van der Waals surface area contributed by atoms with Crippen LogP contribution in [-0.2, 0) is 9.59 Å². The summed E-state index contributed by atoms with van der Waals surface area (Å²) in [6.45, 7) is 3.05. The van der Waals surface area contributed by atoms with Gasteiger partial charge in [0.25, 0.3) is 5.91 Å². The van der Waals surface area contributed by atoms with Gasteiger partial charge < -0.3 is 14.7 Å². The van der Waals surface area contributed by atoms with Crippen molar-refractivity contribution in [2.45, 2.75) is 50.6 Å². The molecule has 2 heterocycles. The summed E-state index contributed by atoms with van der Waals surface area (Å²) in [5, 5.41) is 1.45. The van der Waals surface area contributed by atoms with E-state index in [-0.39, 0.29) is 29.7 Å². The van der Waals surface area contributed by atoms with Crippen molar-refractivity contribution in [2.75, 3.05) is 26.7 Å². The van der Waals surface area contributed by atoms with Crippen molar-refractivity contribution in [3.63, 3.8) is 0 Å². The number of nitrogens with zero attached hydrogens (tertiary/aromatic N) is 3. The molecule has 2 fully saturated rings. The van der Waals surface area contributed by atoms with Crippen molar-refractivity contribution in [1.29, 1.82) is 0 Å². The molecular weight excluding hydrogens is 521 g/mol. The summed E-state index contributed by atoms with van der Waals surface area (Å²) in [4.78, 5) is 44.5. The van der Waals surface area contributed by atoms with E-state index in [4.69, 9.17) is 34.8 Å². The Labute approximate surface area is 227 Å². The van der Waals surface area contributed by atoms with Gasteiger partial charge in [0.05, 0.1) is 10.0 Å². The van der Waals surface area contributed by atoms with Gasteiger partial charge in [-0.1, -0.05) is 40.9 Å². The number of hydrogen-bond donors (Lipinski definition) is 0. The van der Waals surface area contributed by atoms with Crippen LogP contribution in [0.25, 0.3) is 0 Å². The molecule has 9 heteroatoms. The van der Waals surface area contributed by atoms with Crippen molar-refractivity contribution in [3.05, 3.63) is 68.7 Å². The monoisotopic (exact) mass is 549 g/mol. The van der Waals surface area contributed by atoms with Crippen LogP contribution >= 0.6 is 34.8 Å². The second-order valence-corrected chi connectivity index (χ2v) is 10.8. The first-order chi connectivity index (χ1) is 17.2. The Balaban J connectivity index is 1.61. The molecule has 2 aliphatic rings. The lowest BCUT2D eigenvalue weighted by Gasteiger charge is -2.45. The van der Waals surface area contributed by atoms with E-state index < -0.39 is 6.04 Å². The Hall–Kier alpha value is -2.28. The van der Waals surface area contributed by atoms with Gasteiger partial charge in [-0.2, -0.15) is 0 Å².